The molecule has 2 bridgehead atoms. The third kappa shape index (κ3) is 5.82. The quantitative estimate of drug-likeness (QED) is 0.261. The zero-order chi connectivity index (χ0) is 33.3. The number of aliphatic hydroxyl groups is 1. The van der Waals surface area contributed by atoms with E-state index < -0.39 is 28.7 Å². The molecule has 1 spiro atoms. The van der Waals surface area contributed by atoms with Crippen molar-refractivity contribution in [3.63, 3.8) is 0 Å². The van der Waals surface area contributed by atoms with Crippen LogP contribution in [-0.4, -0.2) is 74.4 Å². The standard InChI is InChI=1S/C37H46ClN3O4S/c1-7-17-39(21-26-14-10-9-11-15-26)34(43)30-29-20-25(6)37(46-29)31(30)35(44)41(27(22-42)19-23(3)4)33(37)36(45)40(18-8-2)32-24(5)13-12-16-28(32)38/h7-16,23,25,27,29-31,33,42H,1-2,17-22H2,3-6H3/t25?,27-,29-,30+,31+,33?,37?/m1/s1. The Morgan fingerprint density at radius 3 is 2.41 bits per heavy atom. The predicted molar refractivity (Wildman–Crippen MR) is 187 cm³/mol. The van der Waals surface area contributed by atoms with Crippen LogP contribution in [0.15, 0.2) is 73.8 Å². The summed E-state index contributed by atoms with van der Waals surface area (Å²) < 4.78 is -0.843. The maximum atomic E-state index is 15.1. The second-order valence-corrected chi connectivity index (χ2v) is 15.4. The molecule has 7 atom stereocenters. The van der Waals surface area contributed by atoms with Crippen LogP contribution in [0.5, 0.6) is 0 Å². The van der Waals surface area contributed by atoms with E-state index in [1.165, 1.54) is 0 Å². The van der Waals surface area contributed by atoms with Crippen molar-refractivity contribution in [1.82, 2.24) is 9.80 Å². The zero-order valence-corrected chi connectivity index (χ0v) is 28.8. The second kappa shape index (κ2) is 14.0. The lowest BCUT2D eigenvalue weighted by atomic mass is 9.65. The molecule has 246 valence electrons. The van der Waals surface area contributed by atoms with Gasteiger partial charge in [-0.05, 0) is 48.8 Å². The molecule has 0 radical (unpaired) electrons. The Bertz CT molecular complexity index is 1460. The molecule has 1 N–H and O–H groups in total. The summed E-state index contributed by atoms with van der Waals surface area (Å²) in [6.07, 6.45) is 4.63. The molecule has 3 unspecified atom stereocenters. The first-order chi connectivity index (χ1) is 22.0. The van der Waals surface area contributed by atoms with Crippen LogP contribution in [0.1, 0.15) is 44.7 Å². The van der Waals surface area contributed by atoms with Crippen LogP contribution >= 0.6 is 23.4 Å². The van der Waals surface area contributed by atoms with Gasteiger partial charge >= 0.3 is 0 Å². The molecule has 3 aliphatic rings. The molecule has 9 heteroatoms. The molecule has 0 saturated carbocycles. The summed E-state index contributed by atoms with van der Waals surface area (Å²) in [6.45, 7) is 16.6. The highest BCUT2D eigenvalue weighted by molar-refractivity contribution is 8.02. The summed E-state index contributed by atoms with van der Waals surface area (Å²) in [7, 11) is 0. The van der Waals surface area contributed by atoms with Crippen LogP contribution in [0, 0.1) is 30.6 Å². The Labute approximate surface area is 282 Å². The number of carbonyl (C=O) groups is 3. The Balaban J connectivity index is 1.63. The smallest absolute Gasteiger partial charge is 0.251 e. The van der Waals surface area contributed by atoms with Gasteiger partial charge in [-0.1, -0.05) is 87.0 Å². The normalized spacial score (nSPS) is 27.1. The minimum absolute atomic E-state index is 0.0160. The van der Waals surface area contributed by atoms with Gasteiger partial charge in [0.2, 0.25) is 11.8 Å². The van der Waals surface area contributed by atoms with Gasteiger partial charge in [-0.25, -0.2) is 0 Å². The van der Waals surface area contributed by atoms with Crippen LogP contribution in [0.3, 0.4) is 0 Å². The maximum Gasteiger partial charge on any atom is 0.251 e. The number of hydrogen-bond acceptors (Lipinski definition) is 5. The molecule has 3 heterocycles. The van der Waals surface area contributed by atoms with E-state index in [-0.39, 0.29) is 48.0 Å². The number of anilines is 1. The number of para-hydroxylation sites is 1. The van der Waals surface area contributed by atoms with E-state index in [2.05, 4.69) is 20.1 Å². The van der Waals surface area contributed by atoms with Crippen LogP contribution in [-0.2, 0) is 20.9 Å². The molecule has 2 aromatic carbocycles. The fourth-order valence-electron chi connectivity index (χ4n) is 8.17. The maximum absolute atomic E-state index is 15.1. The molecule has 5 rings (SSSR count). The number of amides is 3. The Morgan fingerprint density at radius 1 is 1.11 bits per heavy atom. The largest absolute Gasteiger partial charge is 0.394 e. The lowest BCUT2D eigenvalue weighted by Gasteiger charge is -2.42. The number of carbonyl (C=O) groups excluding carboxylic acids is 3. The molecular weight excluding hydrogens is 618 g/mol. The lowest BCUT2D eigenvalue weighted by Crippen LogP contribution is -2.59. The molecule has 3 amide bonds. The average Bonchev–Trinajstić information content (AvgIpc) is 3.62. The molecular formula is C37H46ClN3O4S. The highest BCUT2D eigenvalue weighted by Gasteiger charge is 2.77. The van der Waals surface area contributed by atoms with E-state index in [0.29, 0.717) is 30.2 Å². The van der Waals surface area contributed by atoms with Crippen LogP contribution in [0.4, 0.5) is 5.69 Å². The van der Waals surface area contributed by atoms with Crippen LogP contribution in [0.25, 0.3) is 0 Å². The lowest BCUT2D eigenvalue weighted by molar-refractivity contribution is -0.146. The first-order valence-electron chi connectivity index (χ1n) is 16.2. The van der Waals surface area contributed by atoms with Gasteiger partial charge in [0.1, 0.15) is 6.04 Å². The number of halogens is 1. The van der Waals surface area contributed by atoms with Crippen molar-refractivity contribution in [2.24, 2.45) is 23.7 Å². The summed E-state index contributed by atoms with van der Waals surface area (Å²) in [5, 5.41) is 11.1. The van der Waals surface area contributed by atoms with Gasteiger partial charge in [-0.15, -0.1) is 24.9 Å². The van der Waals surface area contributed by atoms with Crippen molar-refractivity contribution >= 4 is 46.8 Å². The molecule has 46 heavy (non-hydrogen) atoms. The van der Waals surface area contributed by atoms with Crippen LogP contribution in [0.2, 0.25) is 5.02 Å². The SMILES string of the molecule is C=CCN(Cc1ccccc1)C(=O)[C@@H]1[C@H]2C(=O)N([C@@H](CO)CC(C)C)C(C(=O)N(CC=C)c3c(C)cccc3Cl)C23S[C@@H]1CC3C. The van der Waals surface area contributed by atoms with Gasteiger partial charge in [0.05, 0.1) is 39.9 Å². The van der Waals surface area contributed by atoms with E-state index in [9.17, 15) is 14.7 Å². The number of rotatable bonds is 13. The fraction of sp³-hybridized carbons (Fsp3) is 0.486. The van der Waals surface area contributed by atoms with E-state index in [0.717, 1.165) is 17.5 Å². The summed E-state index contributed by atoms with van der Waals surface area (Å²) in [5.41, 5.74) is 2.42. The third-order valence-corrected chi connectivity index (χ3v) is 12.3. The van der Waals surface area contributed by atoms with E-state index in [1.807, 2.05) is 63.2 Å². The number of nitrogens with zero attached hydrogens (tertiary/aromatic N) is 3. The minimum Gasteiger partial charge on any atom is -0.394 e. The molecule has 3 fully saturated rings. The molecule has 0 aromatic heterocycles. The van der Waals surface area contributed by atoms with Gasteiger partial charge in [0.25, 0.3) is 5.91 Å². The highest BCUT2D eigenvalue weighted by atomic mass is 35.5. The predicted octanol–water partition coefficient (Wildman–Crippen LogP) is 6.13. The first kappa shape index (κ1) is 34.3. The highest BCUT2D eigenvalue weighted by Crippen LogP contribution is 2.69. The number of aryl methyl sites for hydroxylation is 1. The van der Waals surface area contributed by atoms with Gasteiger partial charge in [-0.2, -0.15) is 0 Å². The molecule has 2 aromatic rings. The van der Waals surface area contributed by atoms with Gasteiger partial charge in [0.15, 0.2) is 0 Å². The summed E-state index contributed by atoms with van der Waals surface area (Å²) in [4.78, 5) is 49.7. The monoisotopic (exact) mass is 663 g/mol. The van der Waals surface area contributed by atoms with Gasteiger partial charge in [-0.3, -0.25) is 14.4 Å². The van der Waals surface area contributed by atoms with Crippen molar-refractivity contribution in [2.75, 3.05) is 24.6 Å². The number of likely N-dealkylation sites (tertiary alicyclic amines) is 1. The van der Waals surface area contributed by atoms with Gasteiger partial charge in [0, 0.05) is 24.9 Å². The topological polar surface area (TPSA) is 81.2 Å². The number of thioether (sulfide) groups is 1. The van der Waals surface area contributed by atoms with Crippen molar-refractivity contribution in [3.8, 4) is 0 Å². The second-order valence-electron chi connectivity index (χ2n) is 13.4. The molecule has 7 nitrogen and oxygen atoms in total. The van der Waals surface area contributed by atoms with E-state index in [1.54, 1.807) is 44.7 Å². The number of benzene rings is 2. The number of fused-ring (bicyclic) bond motifs is 1. The number of aliphatic hydroxyl groups excluding tert-OH is 1. The molecule has 3 aliphatic heterocycles. The minimum atomic E-state index is -0.888. The van der Waals surface area contributed by atoms with Crippen molar-refractivity contribution in [1.29, 1.82) is 0 Å². The summed E-state index contributed by atoms with van der Waals surface area (Å²) >= 11 is 8.38. The summed E-state index contributed by atoms with van der Waals surface area (Å²) in [5.74, 6) is -1.70. The summed E-state index contributed by atoms with van der Waals surface area (Å²) in [6, 6.07) is 13.9. The van der Waals surface area contributed by atoms with Crippen molar-refractivity contribution < 1.29 is 19.5 Å². The van der Waals surface area contributed by atoms with E-state index >= 15 is 4.79 Å². The van der Waals surface area contributed by atoms with Crippen LogP contribution < -0.4 is 4.90 Å². The molecule has 0 aliphatic carbocycles. The van der Waals surface area contributed by atoms with E-state index in [4.69, 9.17) is 11.6 Å². The average molecular weight is 664 g/mol. The first-order valence-corrected chi connectivity index (χ1v) is 17.5. The number of hydrogen-bond donors (Lipinski definition) is 1. The Kier molecular flexibility index (Phi) is 10.4. The third-order valence-electron chi connectivity index (χ3n) is 9.96. The van der Waals surface area contributed by atoms with Gasteiger partial charge < -0.3 is 19.8 Å². The Hall–Kier alpha value is -3.07. The fourth-order valence-corrected chi connectivity index (χ4v) is 10.9. The Morgan fingerprint density at radius 2 is 1.80 bits per heavy atom. The van der Waals surface area contributed by atoms with Crippen molar-refractivity contribution in [3.05, 3.63) is 90.0 Å². The zero-order valence-electron chi connectivity index (χ0n) is 27.3. The molecule has 3 saturated heterocycles. The van der Waals surface area contributed by atoms with Crippen molar-refractivity contribution in [2.45, 2.75) is 69.2 Å².